The molecule has 17 heavy (non-hydrogen) atoms. The Morgan fingerprint density at radius 2 is 2.24 bits per heavy atom. The predicted molar refractivity (Wildman–Crippen MR) is 59.7 cm³/mol. The third kappa shape index (κ3) is 3.75. The van der Waals surface area contributed by atoms with E-state index in [1.54, 1.807) is 6.92 Å². The number of carbonyl (C=O) groups is 2. The normalized spacial score (nSPS) is 11.8. The molecule has 1 atom stereocenters. The van der Waals surface area contributed by atoms with Crippen LogP contribution in [0, 0.1) is 5.92 Å². The second kappa shape index (κ2) is 5.83. The number of hydrogen-bond donors (Lipinski definition) is 3. The van der Waals surface area contributed by atoms with Crippen molar-refractivity contribution in [1.29, 1.82) is 0 Å². The number of carbonyl (C=O) groups excluding carboxylic acids is 1. The summed E-state index contributed by atoms with van der Waals surface area (Å²) in [5.74, 6) is -2.05. The van der Waals surface area contributed by atoms with Gasteiger partial charge in [0.15, 0.2) is 0 Å². The molecule has 1 heterocycles. The predicted octanol–water partition coefficient (Wildman–Crippen LogP) is 0.628. The summed E-state index contributed by atoms with van der Waals surface area (Å²) in [6.07, 6.45) is 2.91. The molecule has 6 nitrogen and oxygen atoms in total. The van der Waals surface area contributed by atoms with E-state index in [4.69, 9.17) is 5.11 Å². The van der Waals surface area contributed by atoms with Crippen molar-refractivity contribution in [2.24, 2.45) is 5.92 Å². The summed E-state index contributed by atoms with van der Waals surface area (Å²) in [4.78, 5) is 25.8. The molecule has 1 unspecified atom stereocenters. The molecule has 0 aliphatic heterocycles. The molecule has 1 aromatic heterocycles. The summed E-state index contributed by atoms with van der Waals surface area (Å²) < 4.78 is 0. The zero-order chi connectivity index (χ0) is 12.8. The van der Waals surface area contributed by atoms with Gasteiger partial charge in [-0.05, 0) is 12.5 Å². The van der Waals surface area contributed by atoms with E-state index in [1.165, 1.54) is 18.5 Å². The number of carboxylic acid groups (broad SMARTS) is 1. The number of rotatable bonds is 5. The second-order valence-electron chi connectivity index (χ2n) is 3.68. The zero-order valence-electron chi connectivity index (χ0n) is 9.38. The number of nitrogens with one attached hydrogen (secondary N) is 1. The van der Waals surface area contributed by atoms with E-state index in [1.807, 2.05) is 0 Å². The first-order chi connectivity index (χ1) is 8.02. The Morgan fingerprint density at radius 1 is 1.53 bits per heavy atom. The van der Waals surface area contributed by atoms with Crippen molar-refractivity contribution in [2.75, 3.05) is 6.54 Å². The maximum Gasteiger partial charge on any atom is 0.306 e. The lowest BCUT2D eigenvalue weighted by atomic mass is 10.1. The van der Waals surface area contributed by atoms with Crippen LogP contribution in [0.1, 0.15) is 23.7 Å². The standard InChI is InChI=1S/C11H14N2O4/c1-7(11(16)17)2-5-13-10(15)8-3-4-12-6-9(8)14/h3-4,6-7,14H,2,5H2,1H3,(H,13,15)(H,16,17). The molecule has 0 radical (unpaired) electrons. The van der Waals surface area contributed by atoms with Gasteiger partial charge >= 0.3 is 5.97 Å². The SMILES string of the molecule is CC(CCNC(=O)c1ccncc1O)C(=O)O. The molecule has 0 aliphatic carbocycles. The highest BCUT2D eigenvalue weighted by molar-refractivity contribution is 5.96. The van der Waals surface area contributed by atoms with Crippen LogP contribution < -0.4 is 5.32 Å². The highest BCUT2D eigenvalue weighted by atomic mass is 16.4. The molecular weight excluding hydrogens is 224 g/mol. The largest absolute Gasteiger partial charge is 0.505 e. The first-order valence-corrected chi connectivity index (χ1v) is 5.16. The minimum Gasteiger partial charge on any atom is -0.505 e. The average molecular weight is 238 g/mol. The molecule has 0 saturated heterocycles. The Labute approximate surface area is 98.3 Å². The Kier molecular flexibility index (Phi) is 4.45. The van der Waals surface area contributed by atoms with Crippen LogP contribution in [0.2, 0.25) is 0 Å². The van der Waals surface area contributed by atoms with Gasteiger partial charge in [-0.2, -0.15) is 0 Å². The fourth-order valence-corrected chi connectivity index (χ4v) is 1.20. The summed E-state index contributed by atoms with van der Waals surface area (Å²) in [5.41, 5.74) is 0.128. The van der Waals surface area contributed by atoms with Crippen molar-refractivity contribution in [3.05, 3.63) is 24.0 Å². The first kappa shape index (κ1) is 13.0. The van der Waals surface area contributed by atoms with Crippen molar-refractivity contribution < 1.29 is 19.8 Å². The van der Waals surface area contributed by atoms with E-state index in [9.17, 15) is 14.7 Å². The molecule has 1 rings (SSSR count). The number of amides is 1. The molecule has 0 aromatic carbocycles. The lowest BCUT2D eigenvalue weighted by Gasteiger charge is -2.08. The lowest BCUT2D eigenvalue weighted by molar-refractivity contribution is -0.141. The number of carboxylic acids is 1. The van der Waals surface area contributed by atoms with Crippen LogP contribution in [0.5, 0.6) is 5.75 Å². The minimum atomic E-state index is -0.897. The molecule has 0 aliphatic rings. The monoisotopic (exact) mass is 238 g/mol. The van der Waals surface area contributed by atoms with Gasteiger partial charge in [0.1, 0.15) is 5.75 Å². The summed E-state index contributed by atoms with van der Waals surface area (Å²) in [7, 11) is 0. The average Bonchev–Trinajstić information content (AvgIpc) is 2.29. The topological polar surface area (TPSA) is 99.5 Å². The molecule has 0 fully saturated rings. The molecule has 3 N–H and O–H groups in total. The van der Waals surface area contributed by atoms with Gasteiger partial charge in [0.25, 0.3) is 5.91 Å². The Bertz CT molecular complexity index is 420. The van der Waals surface area contributed by atoms with E-state index in [0.29, 0.717) is 6.42 Å². The van der Waals surface area contributed by atoms with Crippen LogP contribution in [0.15, 0.2) is 18.5 Å². The van der Waals surface area contributed by atoms with Crippen LogP contribution in [-0.4, -0.2) is 33.6 Å². The Balaban J connectivity index is 2.46. The van der Waals surface area contributed by atoms with Crippen LogP contribution in [0.3, 0.4) is 0 Å². The summed E-state index contributed by atoms with van der Waals surface area (Å²) >= 11 is 0. The molecule has 92 valence electrons. The van der Waals surface area contributed by atoms with Crippen molar-refractivity contribution in [3.63, 3.8) is 0 Å². The number of aromatic nitrogens is 1. The number of nitrogens with zero attached hydrogens (tertiary/aromatic N) is 1. The first-order valence-electron chi connectivity index (χ1n) is 5.16. The number of aliphatic carboxylic acids is 1. The van der Waals surface area contributed by atoms with Crippen molar-refractivity contribution in [2.45, 2.75) is 13.3 Å². The van der Waals surface area contributed by atoms with Crippen LogP contribution in [0.4, 0.5) is 0 Å². The molecular formula is C11H14N2O4. The minimum absolute atomic E-state index is 0.128. The second-order valence-corrected chi connectivity index (χ2v) is 3.68. The van der Waals surface area contributed by atoms with Gasteiger partial charge in [-0.15, -0.1) is 0 Å². The van der Waals surface area contributed by atoms with Gasteiger partial charge in [-0.3, -0.25) is 14.6 Å². The summed E-state index contributed by atoms with van der Waals surface area (Å²) in [5, 5.41) is 20.5. The highest BCUT2D eigenvalue weighted by Gasteiger charge is 2.13. The van der Waals surface area contributed by atoms with Gasteiger partial charge in [-0.1, -0.05) is 6.92 Å². The summed E-state index contributed by atoms with van der Waals surface area (Å²) in [6.45, 7) is 1.81. The van der Waals surface area contributed by atoms with Crippen molar-refractivity contribution in [1.82, 2.24) is 10.3 Å². The maximum atomic E-state index is 11.6. The van der Waals surface area contributed by atoms with Gasteiger partial charge in [-0.25, -0.2) is 0 Å². The third-order valence-electron chi connectivity index (χ3n) is 2.33. The molecule has 0 bridgehead atoms. The van der Waals surface area contributed by atoms with E-state index in [-0.39, 0.29) is 17.9 Å². The molecule has 0 spiro atoms. The Hall–Kier alpha value is -2.11. The van der Waals surface area contributed by atoms with E-state index >= 15 is 0 Å². The van der Waals surface area contributed by atoms with Gasteiger partial charge < -0.3 is 15.5 Å². The van der Waals surface area contributed by atoms with Crippen LogP contribution in [-0.2, 0) is 4.79 Å². The lowest BCUT2D eigenvalue weighted by Crippen LogP contribution is -2.27. The highest BCUT2D eigenvalue weighted by Crippen LogP contribution is 2.13. The molecule has 0 saturated carbocycles. The molecule has 1 aromatic rings. The maximum absolute atomic E-state index is 11.6. The van der Waals surface area contributed by atoms with Gasteiger partial charge in [0, 0.05) is 12.7 Å². The smallest absolute Gasteiger partial charge is 0.306 e. The third-order valence-corrected chi connectivity index (χ3v) is 2.33. The number of hydrogen-bond acceptors (Lipinski definition) is 4. The number of aromatic hydroxyl groups is 1. The molecule has 6 heteroatoms. The number of pyridine rings is 1. The van der Waals surface area contributed by atoms with Crippen LogP contribution >= 0.6 is 0 Å². The van der Waals surface area contributed by atoms with E-state index in [2.05, 4.69) is 10.3 Å². The van der Waals surface area contributed by atoms with Gasteiger partial charge in [0.05, 0.1) is 17.7 Å². The molecule has 1 amide bonds. The van der Waals surface area contributed by atoms with Crippen molar-refractivity contribution >= 4 is 11.9 Å². The fraction of sp³-hybridized carbons (Fsp3) is 0.364. The quantitative estimate of drug-likeness (QED) is 0.698. The van der Waals surface area contributed by atoms with Crippen molar-refractivity contribution in [3.8, 4) is 5.75 Å². The summed E-state index contributed by atoms with van der Waals surface area (Å²) in [6, 6.07) is 1.39. The fourth-order valence-electron chi connectivity index (χ4n) is 1.20. The zero-order valence-corrected chi connectivity index (χ0v) is 9.38. The van der Waals surface area contributed by atoms with Gasteiger partial charge in [0.2, 0.25) is 0 Å². The van der Waals surface area contributed by atoms with Crippen LogP contribution in [0.25, 0.3) is 0 Å². The Morgan fingerprint density at radius 3 is 2.82 bits per heavy atom. The van der Waals surface area contributed by atoms with E-state index in [0.717, 1.165) is 0 Å². The van der Waals surface area contributed by atoms with E-state index < -0.39 is 17.8 Å².